The third kappa shape index (κ3) is 8.64. The highest BCUT2D eigenvalue weighted by atomic mass is 16.5. The minimum atomic E-state index is -1.15. The second kappa shape index (κ2) is 11.5. The maximum absolute atomic E-state index is 11.7. The summed E-state index contributed by atoms with van der Waals surface area (Å²) in [5.41, 5.74) is 5.44. The van der Waals surface area contributed by atoms with Gasteiger partial charge in [0.25, 0.3) is 0 Å². The van der Waals surface area contributed by atoms with E-state index in [1.807, 2.05) is 0 Å². The monoisotopic (exact) mass is 304 g/mol. The number of carbonyl (C=O) groups excluding carboxylic acids is 2. The van der Waals surface area contributed by atoms with Crippen LogP contribution in [0.2, 0.25) is 0 Å². The van der Waals surface area contributed by atoms with Gasteiger partial charge in [0.15, 0.2) is 6.04 Å². The molecule has 0 rings (SSSR count). The summed E-state index contributed by atoms with van der Waals surface area (Å²) in [5, 5.41) is 20.6. The van der Waals surface area contributed by atoms with Gasteiger partial charge >= 0.3 is 5.97 Å². The summed E-state index contributed by atoms with van der Waals surface area (Å²) in [6.07, 6.45) is 4.08. The summed E-state index contributed by atoms with van der Waals surface area (Å²) < 4.78 is 5.00. The average Bonchev–Trinajstić information content (AvgIpc) is 2.46. The molecule has 0 aromatic carbocycles. The number of hydrogen-bond acceptors (Lipinski definition) is 6. The predicted octanol–water partition coefficient (Wildman–Crippen LogP) is -0.315. The first-order valence-corrected chi connectivity index (χ1v) is 7.45. The van der Waals surface area contributed by atoms with Crippen molar-refractivity contribution in [2.45, 2.75) is 64.1 Å². The number of aliphatic hydroxyl groups excluding tert-OH is 2. The molecule has 124 valence electrons. The van der Waals surface area contributed by atoms with Crippen molar-refractivity contribution in [2.24, 2.45) is 5.73 Å². The Kier molecular flexibility index (Phi) is 10.8. The summed E-state index contributed by atoms with van der Waals surface area (Å²) in [5.74, 6) is -1.40. The van der Waals surface area contributed by atoms with Crippen LogP contribution < -0.4 is 11.1 Å². The van der Waals surface area contributed by atoms with Gasteiger partial charge in [-0.15, -0.1) is 0 Å². The van der Waals surface area contributed by atoms with Gasteiger partial charge in [0.1, 0.15) is 6.04 Å². The number of ether oxygens (including phenoxy) is 1. The van der Waals surface area contributed by atoms with E-state index in [2.05, 4.69) is 12.2 Å². The summed E-state index contributed by atoms with van der Waals surface area (Å²) in [6, 6.07) is -2.31. The van der Waals surface area contributed by atoms with E-state index in [0.717, 1.165) is 32.1 Å². The quantitative estimate of drug-likeness (QED) is 0.307. The highest BCUT2D eigenvalue weighted by Gasteiger charge is 2.26. The van der Waals surface area contributed by atoms with E-state index >= 15 is 0 Å². The molecule has 3 atom stereocenters. The van der Waals surface area contributed by atoms with Gasteiger partial charge in [-0.05, 0) is 13.3 Å². The van der Waals surface area contributed by atoms with Gasteiger partial charge in [0.05, 0.1) is 19.3 Å². The first-order valence-electron chi connectivity index (χ1n) is 7.45. The summed E-state index contributed by atoms with van der Waals surface area (Å²) >= 11 is 0. The van der Waals surface area contributed by atoms with Crippen LogP contribution in [0.25, 0.3) is 0 Å². The van der Waals surface area contributed by atoms with Gasteiger partial charge in [0, 0.05) is 0 Å². The Morgan fingerprint density at radius 3 is 2.38 bits per heavy atom. The lowest BCUT2D eigenvalue weighted by atomic mass is 10.1. The number of esters is 1. The molecule has 7 nitrogen and oxygen atoms in total. The summed E-state index contributed by atoms with van der Waals surface area (Å²) in [4.78, 5) is 23.3. The Hall–Kier alpha value is -1.18. The molecule has 0 bridgehead atoms. The van der Waals surface area contributed by atoms with Crippen molar-refractivity contribution in [3.05, 3.63) is 0 Å². The van der Waals surface area contributed by atoms with Crippen LogP contribution in [-0.2, 0) is 14.3 Å². The molecule has 0 aliphatic heterocycles. The molecular formula is C14H28N2O5. The molecule has 21 heavy (non-hydrogen) atoms. The zero-order chi connectivity index (χ0) is 16.3. The topological polar surface area (TPSA) is 122 Å². The summed E-state index contributed by atoms with van der Waals surface area (Å²) in [6.45, 7) is 3.17. The van der Waals surface area contributed by atoms with Crippen LogP contribution in [0.4, 0.5) is 0 Å². The second-order valence-electron chi connectivity index (χ2n) is 5.09. The molecule has 0 unspecified atom stereocenters. The molecule has 0 aromatic heterocycles. The van der Waals surface area contributed by atoms with Crippen LogP contribution in [0.1, 0.15) is 46.0 Å². The Labute approximate surface area is 125 Å². The fourth-order valence-electron chi connectivity index (χ4n) is 1.65. The van der Waals surface area contributed by atoms with Crippen molar-refractivity contribution in [1.29, 1.82) is 0 Å². The van der Waals surface area contributed by atoms with Gasteiger partial charge in [-0.25, -0.2) is 4.79 Å². The van der Waals surface area contributed by atoms with Crippen LogP contribution in [-0.4, -0.2) is 53.5 Å². The molecule has 0 heterocycles. The molecule has 7 heteroatoms. The van der Waals surface area contributed by atoms with Gasteiger partial charge in [-0.1, -0.05) is 32.6 Å². The third-order valence-corrected chi connectivity index (χ3v) is 3.10. The number of unbranched alkanes of at least 4 members (excludes halogenated alkanes) is 4. The van der Waals surface area contributed by atoms with Crippen LogP contribution in [0.5, 0.6) is 0 Å². The zero-order valence-electron chi connectivity index (χ0n) is 12.9. The Bertz CT molecular complexity index is 310. The van der Waals surface area contributed by atoms with Crippen molar-refractivity contribution in [3.8, 4) is 0 Å². The lowest BCUT2D eigenvalue weighted by Gasteiger charge is -2.19. The fraction of sp³-hybridized carbons (Fsp3) is 0.857. The lowest BCUT2D eigenvalue weighted by Crippen LogP contribution is -2.53. The lowest BCUT2D eigenvalue weighted by molar-refractivity contribution is -0.149. The van der Waals surface area contributed by atoms with Crippen molar-refractivity contribution < 1.29 is 24.5 Å². The molecule has 0 aliphatic rings. The minimum absolute atomic E-state index is 0.261. The molecule has 0 aliphatic carbocycles. The van der Waals surface area contributed by atoms with E-state index in [-0.39, 0.29) is 6.61 Å². The van der Waals surface area contributed by atoms with Gasteiger partial charge < -0.3 is 26.0 Å². The third-order valence-electron chi connectivity index (χ3n) is 3.10. The highest BCUT2D eigenvalue weighted by Crippen LogP contribution is 2.03. The van der Waals surface area contributed by atoms with E-state index in [1.54, 1.807) is 0 Å². The molecule has 0 saturated heterocycles. The number of carbonyl (C=O) groups is 2. The number of rotatable bonds is 11. The van der Waals surface area contributed by atoms with Gasteiger partial charge in [0.2, 0.25) is 5.91 Å². The van der Waals surface area contributed by atoms with Gasteiger partial charge in [-0.2, -0.15) is 0 Å². The smallest absolute Gasteiger partial charge is 0.331 e. The molecule has 0 fully saturated rings. The van der Waals surface area contributed by atoms with Crippen molar-refractivity contribution in [3.63, 3.8) is 0 Å². The Balaban J connectivity index is 4.04. The number of hydrogen-bond donors (Lipinski definition) is 4. The number of amides is 1. The van der Waals surface area contributed by atoms with Crippen molar-refractivity contribution in [2.75, 3.05) is 13.2 Å². The van der Waals surface area contributed by atoms with E-state index in [1.165, 1.54) is 6.92 Å². The Morgan fingerprint density at radius 2 is 1.86 bits per heavy atom. The normalized spacial score (nSPS) is 15.1. The average molecular weight is 304 g/mol. The van der Waals surface area contributed by atoms with Crippen LogP contribution >= 0.6 is 0 Å². The number of aliphatic hydroxyl groups is 2. The predicted molar refractivity (Wildman–Crippen MR) is 78.4 cm³/mol. The van der Waals surface area contributed by atoms with E-state index in [4.69, 9.17) is 15.6 Å². The molecule has 0 aromatic rings. The van der Waals surface area contributed by atoms with E-state index in [0.29, 0.717) is 0 Å². The molecule has 0 radical (unpaired) electrons. The van der Waals surface area contributed by atoms with Gasteiger partial charge in [-0.3, -0.25) is 4.79 Å². The molecule has 0 spiro atoms. The fourth-order valence-corrected chi connectivity index (χ4v) is 1.65. The zero-order valence-corrected chi connectivity index (χ0v) is 12.9. The maximum atomic E-state index is 11.7. The second-order valence-corrected chi connectivity index (χ2v) is 5.09. The largest absolute Gasteiger partial charge is 0.464 e. The molecule has 1 amide bonds. The number of nitrogens with two attached hydrogens (primary N) is 1. The first-order chi connectivity index (χ1) is 9.93. The van der Waals surface area contributed by atoms with Crippen molar-refractivity contribution in [1.82, 2.24) is 5.32 Å². The minimum Gasteiger partial charge on any atom is -0.464 e. The standard InChI is InChI=1S/C14H28N2O5/c1-3-4-5-6-7-8-21-14(20)11(9-17)16-13(19)12(15)10(2)18/h10-12,17-18H,3-9,15H2,1-2H3,(H,16,19)/t10-,11+,12+/m1/s1. The van der Waals surface area contributed by atoms with Crippen molar-refractivity contribution >= 4 is 11.9 Å². The van der Waals surface area contributed by atoms with Crippen LogP contribution in [0.3, 0.4) is 0 Å². The van der Waals surface area contributed by atoms with Crippen LogP contribution in [0, 0.1) is 0 Å². The molecular weight excluding hydrogens is 276 g/mol. The van der Waals surface area contributed by atoms with E-state index in [9.17, 15) is 14.7 Å². The first kappa shape index (κ1) is 19.8. The molecule has 5 N–H and O–H groups in total. The Morgan fingerprint density at radius 1 is 1.24 bits per heavy atom. The molecule has 0 saturated carbocycles. The highest BCUT2D eigenvalue weighted by molar-refractivity contribution is 5.87. The van der Waals surface area contributed by atoms with Crippen LogP contribution in [0.15, 0.2) is 0 Å². The SMILES string of the molecule is CCCCCCCOC(=O)[C@H](CO)NC(=O)[C@@H](N)[C@@H](C)O. The maximum Gasteiger partial charge on any atom is 0.331 e. The summed E-state index contributed by atoms with van der Waals surface area (Å²) in [7, 11) is 0. The van der Waals surface area contributed by atoms with E-state index < -0.39 is 36.7 Å². The number of nitrogens with one attached hydrogen (secondary N) is 1.